The van der Waals surface area contributed by atoms with Gasteiger partial charge in [0.25, 0.3) is 0 Å². The Morgan fingerprint density at radius 2 is 1.47 bits per heavy atom. The number of alkyl halides is 6. The van der Waals surface area contributed by atoms with Crippen LogP contribution in [0, 0.1) is 6.92 Å². The predicted octanol–water partition coefficient (Wildman–Crippen LogP) is 7.04. The number of methoxy groups -OCH3 is 2. The molecule has 0 aliphatic carbocycles. The van der Waals surface area contributed by atoms with Crippen LogP contribution < -0.4 is 9.47 Å². The Balaban J connectivity index is 0.000000232. The second-order valence-electron chi connectivity index (χ2n) is 8.06. The molecule has 12 heteroatoms. The molecule has 0 radical (unpaired) electrons. The van der Waals surface area contributed by atoms with Gasteiger partial charge in [0.15, 0.2) is 22.9 Å². The number of ketones is 1. The molecule has 0 fully saturated rings. The molecule has 0 N–H and O–H groups in total. The molecule has 6 nitrogen and oxygen atoms in total. The van der Waals surface area contributed by atoms with Crippen molar-refractivity contribution in [3.8, 4) is 22.8 Å². The van der Waals surface area contributed by atoms with E-state index in [9.17, 15) is 31.1 Å². The van der Waals surface area contributed by atoms with Crippen molar-refractivity contribution in [2.24, 2.45) is 0 Å². The van der Waals surface area contributed by atoms with Crippen LogP contribution in [0.5, 0.6) is 11.5 Å². The van der Waals surface area contributed by atoms with E-state index in [1.807, 2.05) is 31.2 Å². The van der Waals surface area contributed by atoms with E-state index in [1.54, 1.807) is 31.0 Å². The number of ether oxygens (including phenoxy) is 2. The molecule has 0 spiro atoms. The van der Waals surface area contributed by atoms with E-state index in [0.29, 0.717) is 41.4 Å². The van der Waals surface area contributed by atoms with Crippen LogP contribution in [0.4, 0.5) is 26.3 Å². The average molecular weight is 539 g/mol. The molecule has 4 aromatic rings. The Morgan fingerprint density at radius 1 is 0.868 bits per heavy atom. The predicted molar refractivity (Wildman–Crippen MR) is 127 cm³/mol. The number of carbonyl (C=O) groups excluding carboxylic acids is 1. The van der Waals surface area contributed by atoms with Crippen molar-refractivity contribution in [2.75, 3.05) is 14.2 Å². The van der Waals surface area contributed by atoms with Crippen LogP contribution in [0.15, 0.2) is 54.7 Å². The fourth-order valence-electron chi connectivity index (χ4n) is 3.54. The molecule has 4 rings (SSSR count). The lowest BCUT2D eigenvalue weighted by Crippen LogP contribution is -2.11. The fraction of sp³-hybridized carbons (Fsp3) is 0.269. The molecule has 0 aliphatic heterocycles. The third kappa shape index (κ3) is 6.42. The number of aryl methyl sites for hydroxylation is 1. The molecule has 0 bridgehead atoms. The zero-order chi connectivity index (χ0) is 28.3. The van der Waals surface area contributed by atoms with Crippen molar-refractivity contribution in [3.63, 3.8) is 0 Å². The summed E-state index contributed by atoms with van der Waals surface area (Å²) in [7, 11) is 3.19. The van der Waals surface area contributed by atoms with E-state index < -0.39 is 23.5 Å². The number of nitrogens with zero attached hydrogens (tertiary/aromatic N) is 3. The summed E-state index contributed by atoms with van der Waals surface area (Å²) >= 11 is 0. The van der Waals surface area contributed by atoms with Crippen LogP contribution in [0.1, 0.15) is 40.5 Å². The zero-order valence-corrected chi connectivity index (χ0v) is 20.7. The van der Waals surface area contributed by atoms with Gasteiger partial charge in [-0.1, -0.05) is 6.92 Å². The highest BCUT2D eigenvalue weighted by Gasteiger charge is 2.36. The normalized spacial score (nSPS) is 11.6. The first-order valence-electron chi connectivity index (χ1n) is 11.1. The maximum atomic E-state index is 12.2. The maximum Gasteiger partial charge on any atom is 0.416 e. The molecular weight excluding hydrogens is 516 g/mol. The van der Waals surface area contributed by atoms with Crippen LogP contribution in [-0.4, -0.2) is 34.6 Å². The number of carbonyl (C=O) groups is 1. The minimum absolute atomic E-state index is 0.00578. The smallest absolute Gasteiger partial charge is 0.416 e. The first-order valence-corrected chi connectivity index (χ1v) is 11.1. The number of Topliss-reactive ketones (excluding diaryl/α,β-unsaturated/α-hetero) is 1. The van der Waals surface area contributed by atoms with Gasteiger partial charge in [-0.05, 0) is 55.0 Å². The Bertz CT molecular complexity index is 1410. The van der Waals surface area contributed by atoms with Gasteiger partial charge < -0.3 is 9.47 Å². The highest BCUT2D eigenvalue weighted by molar-refractivity contribution is 5.95. The van der Waals surface area contributed by atoms with E-state index in [4.69, 9.17) is 9.47 Å². The van der Waals surface area contributed by atoms with Crippen molar-refractivity contribution >= 4 is 11.4 Å². The number of benzene rings is 2. The first kappa shape index (κ1) is 28.5. The first-order chi connectivity index (χ1) is 17.8. The molecular formula is C26H23F6N3O3. The Hall–Kier alpha value is -4.09. The molecule has 38 heavy (non-hydrogen) atoms. The minimum atomic E-state index is -4.76. The van der Waals surface area contributed by atoms with E-state index in [2.05, 4.69) is 10.1 Å². The lowest BCUT2D eigenvalue weighted by Gasteiger charge is -2.12. The van der Waals surface area contributed by atoms with Gasteiger partial charge >= 0.3 is 12.4 Å². The summed E-state index contributed by atoms with van der Waals surface area (Å²) < 4.78 is 85.3. The minimum Gasteiger partial charge on any atom is -0.493 e. The highest BCUT2D eigenvalue weighted by atomic mass is 19.4. The number of rotatable bonds is 5. The summed E-state index contributed by atoms with van der Waals surface area (Å²) in [6, 6.07) is 10.6. The number of hydrogen-bond acceptors (Lipinski definition) is 5. The van der Waals surface area contributed by atoms with Crippen molar-refractivity contribution in [1.82, 2.24) is 14.6 Å². The van der Waals surface area contributed by atoms with Gasteiger partial charge in [0.1, 0.15) is 5.69 Å². The van der Waals surface area contributed by atoms with Crippen molar-refractivity contribution < 1.29 is 40.6 Å². The van der Waals surface area contributed by atoms with Crippen LogP contribution in [0.2, 0.25) is 0 Å². The molecule has 0 saturated carbocycles. The third-order valence-corrected chi connectivity index (χ3v) is 5.38. The summed E-state index contributed by atoms with van der Waals surface area (Å²) in [6.45, 7) is 3.00. The zero-order valence-electron chi connectivity index (χ0n) is 20.7. The largest absolute Gasteiger partial charge is 0.493 e. The molecule has 2 aromatic heterocycles. The van der Waals surface area contributed by atoms with Gasteiger partial charge in [-0.15, -0.1) is 0 Å². The Labute approximate surface area is 213 Å². The molecule has 202 valence electrons. The Kier molecular flexibility index (Phi) is 8.33. The van der Waals surface area contributed by atoms with Crippen LogP contribution in [0.25, 0.3) is 16.9 Å². The van der Waals surface area contributed by atoms with Crippen molar-refractivity contribution in [2.45, 2.75) is 32.6 Å². The van der Waals surface area contributed by atoms with Gasteiger partial charge in [-0.25, -0.2) is 9.50 Å². The second-order valence-corrected chi connectivity index (χ2v) is 8.06. The van der Waals surface area contributed by atoms with Gasteiger partial charge in [0.05, 0.1) is 31.0 Å². The molecule has 2 aromatic carbocycles. The van der Waals surface area contributed by atoms with Crippen LogP contribution in [0.3, 0.4) is 0 Å². The Morgan fingerprint density at radius 3 is 2.00 bits per heavy atom. The average Bonchev–Trinajstić information content (AvgIpc) is 3.31. The van der Waals surface area contributed by atoms with Crippen molar-refractivity contribution in [1.29, 1.82) is 0 Å². The summed E-state index contributed by atoms with van der Waals surface area (Å²) in [5.41, 5.74) is 0.142. The highest BCUT2D eigenvalue weighted by Crippen LogP contribution is 2.36. The standard InChI is InChI=1S/C17H17N3O3.C9H6F6/c1-4-14(21)12-10-17-18-8-7-13(20(17)19-12)11-5-6-15(22-2)16(9-11)23-3;1-5-2-6(8(10,11)12)4-7(3-5)9(13,14)15/h5-10H,4H2,1-3H3;2-4H,1H3. The summed E-state index contributed by atoms with van der Waals surface area (Å²) in [5, 5.41) is 4.39. The number of fused-ring (bicyclic) bond motifs is 1. The fourth-order valence-corrected chi connectivity index (χ4v) is 3.54. The van der Waals surface area contributed by atoms with Crippen molar-refractivity contribution in [3.05, 3.63) is 77.1 Å². The number of hydrogen-bond donors (Lipinski definition) is 0. The molecule has 2 heterocycles. The van der Waals surface area contributed by atoms with Gasteiger partial charge in [-0.2, -0.15) is 31.4 Å². The van der Waals surface area contributed by atoms with Gasteiger partial charge in [0, 0.05) is 24.2 Å². The molecule has 0 atom stereocenters. The lowest BCUT2D eigenvalue weighted by molar-refractivity contribution is -0.143. The summed E-state index contributed by atoms with van der Waals surface area (Å²) in [4.78, 5) is 16.1. The van der Waals surface area contributed by atoms with E-state index in [0.717, 1.165) is 11.3 Å². The molecule has 0 amide bonds. The maximum absolute atomic E-state index is 12.2. The summed E-state index contributed by atoms with van der Waals surface area (Å²) in [5.74, 6) is 1.28. The second kappa shape index (κ2) is 11.1. The van der Waals surface area contributed by atoms with E-state index >= 15 is 0 Å². The topological polar surface area (TPSA) is 65.7 Å². The lowest BCUT2D eigenvalue weighted by atomic mass is 10.1. The van der Waals surface area contributed by atoms with Gasteiger partial charge in [0.2, 0.25) is 0 Å². The van der Waals surface area contributed by atoms with Crippen LogP contribution >= 0.6 is 0 Å². The van der Waals surface area contributed by atoms with Gasteiger partial charge in [-0.3, -0.25) is 4.79 Å². The number of aromatic nitrogens is 3. The van der Waals surface area contributed by atoms with E-state index in [1.165, 1.54) is 6.92 Å². The number of halogens is 6. The third-order valence-electron chi connectivity index (χ3n) is 5.38. The quantitative estimate of drug-likeness (QED) is 0.201. The SMILES string of the molecule is CCC(=O)c1cc2nccc(-c3ccc(OC)c(OC)c3)n2n1.Cc1cc(C(F)(F)F)cc(C(F)(F)F)c1. The molecule has 0 unspecified atom stereocenters. The summed E-state index contributed by atoms with van der Waals surface area (Å²) in [6.07, 6.45) is -7.41. The van der Waals surface area contributed by atoms with Crippen LogP contribution in [-0.2, 0) is 12.4 Å². The molecule has 0 aliphatic rings. The van der Waals surface area contributed by atoms with E-state index in [-0.39, 0.29) is 17.4 Å². The molecule has 0 saturated heterocycles. The monoisotopic (exact) mass is 539 g/mol.